The smallest absolute Gasteiger partial charge is 0.240 e. The van der Waals surface area contributed by atoms with Crippen molar-refractivity contribution in [1.82, 2.24) is 14.9 Å². The number of nitrogens with zero attached hydrogens (tertiary/aromatic N) is 3. The summed E-state index contributed by atoms with van der Waals surface area (Å²) >= 11 is 7.33. The number of hydrogen-bond acceptors (Lipinski definition) is 6. The molecule has 5 rings (SSSR count). The van der Waals surface area contributed by atoms with Crippen LogP contribution in [0.4, 0.5) is 5.69 Å². The van der Waals surface area contributed by atoms with Crippen LogP contribution in [0.1, 0.15) is 17.4 Å². The van der Waals surface area contributed by atoms with E-state index >= 15 is 0 Å². The van der Waals surface area contributed by atoms with Gasteiger partial charge in [0.1, 0.15) is 17.6 Å². The molecule has 1 aliphatic rings. The van der Waals surface area contributed by atoms with Gasteiger partial charge in [-0.2, -0.15) is 0 Å². The maximum absolute atomic E-state index is 13.3. The van der Waals surface area contributed by atoms with Gasteiger partial charge in [0.2, 0.25) is 11.1 Å². The number of aromatic nitrogens is 3. The minimum absolute atomic E-state index is 0.139. The lowest BCUT2D eigenvalue weighted by atomic mass is 10.0. The predicted molar refractivity (Wildman–Crippen MR) is 129 cm³/mol. The van der Waals surface area contributed by atoms with Crippen molar-refractivity contribution in [3.8, 4) is 5.75 Å². The fourth-order valence-corrected chi connectivity index (χ4v) is 4.74. The van der Waals surface area contributed by atoms with Gasteiger partial charge in [0.15, 0.2) is 5.82 Å². The van der Waals surface area contributed by atoms with E-state index in [1.807, 2.05) is 60.7 Å². The van der Waals surface area contributed by atoms with E-state index in [9.17, 15) is 4.79 Å². The number of rotatable bonds is 6. The number of halogens is 1. The van der Waals surface area contributed by atoms with Gasteiger partial charge < -0.3 is 15.5 Å². The summed E-state index contributed by atoms with van der Waals surface area (Å²) in [6.07, 6.45) is 0. The minimum atomic E-state index is -0.470. The Labute approximate surface area is 200 Å². The number of anilines is 1. The third-order valence-electron chi connectivity index (χ3n) is 5.14. The molecule has 1 aromatic heterocycles. The highest BCUT2D eigenvalue weighted by molar-refractivity contribution is 8.00. The highest BCUT2D eigenvalue weighted by atomic mass is 35.5. The molecule has 0 aliphatic carbocycles. The second kappa shape index (κ2) is 9.56. The van der Waals surface area contributed by atoms with Crippen LogP contribution in [0.5, 0.6) is 5.75 Å². The number of para-hydroxylation sites is 1. The summed E-state index contributed by atoms with van der Waals surface area (Å²) in [7, 11) is 0. The average Bonchev–Trinajstić information content (AvgIpc) is 3.26. The van der Waals surface area contributed by atoms with Crippen molar-refractivity contribution in [1.29, 1.82) is 0 Å². The van der Waals surface area contributed by atoms with E-state index in [0.717, 1.165) is 11.3 Å². The van der Waals surface area contributed by atoms with Gasteiger partial charge in [-0.25, -0.2) is 4.68 Å². The van der Waals surface area contributed by atoms with Crippen LogP contribution in [0.2, 0.25) is 5.02 Å². The van der Waals surface area contributed by atoms with Crippen molar-refractivity contribution in [3.05, 3.63) is 101 Å². The normalized spacial score (nSPS) is 17.0. The van der Waals surface area contributed by atoms with Gasteiger partial charge in [-0.1, -0.05) is 71.9 Å². The molecule has 3 aromatic carbocycles. The first-order valence-electron chi connectivity index (χ1n) is 10.3. The number of carbonyl (C=O) groups excluding carboxylic acids is 1. The molecule has 7 nitrogen and oxygen atoms in total. The lowest BCUT2D eigenvalue weighted by Crippen LogP contribution is -2.41. The third kappa shape index (κ3) is 4.81. The molecule has 0 saturated carbocycles. The maximum atomic E-state index is 13.3. The molecule has 33 heavy (non-hydrogen) atoms. The number of nitrogens with one attached hydrogen (secondary N) is 2. The molecule has 0 unspecified atom stereocenters. The summed E-state index contributed by atoms with van der Waals surface area (Å²) in [5, 5.41) is 12.3. The Balaban J connectivity index is 1.40. The predicted octanol–water partition coefficient (Wildman–Crippen LogP) is 4.91. The second-order valence-electron chi connectivity index (χ2n) is 7.39. The zero-order valence-corrected chi connectivity index (χ0v) is 19.0. The summed E-state index contributed by atoms with van der Waals surface area (Å²) in [5.41, 5.74) is 5.10. The fourth-order valence-electron chi connectivity index (χ4n) is 3.51. The number of hydrogen-bond donors (Lipinski definition) is 2. The molecular weight excluding hydrogens is 458 g/mol. The summed E-state index contributed by atoms with van der Waals surface area (Å²) in [6, 6.07) is 26.1. The van der Waals surface area contributed by atoms with Crippen LogP contribution < -0.4 is 15.5 Å². The number of amides is 1. The fraction of sp³-hybridized carbons (Fsp3) is 0.125. The van der Waals surface area contributed by atoms with Crippen LogP contribution in [0.15, 0.2) is 90.1 Å². The largest absolute Gasteiger partial charge is 0.486 e. The molecule has 2 N–H and O–H groups in total. The molecule has 0 bridgehead atoms. The minimum Gasteiger partial charge on any atom is -0.486 e. The van der Waals surface area contributed by atoms with Crippen LogP contribution >= 0.6 is 23.4 Å². The van der Waals surface area contributed by atoms with E-state index in [-0.39, 0.29) is 18.6 Å². The van der Waals surface area contributed by atoms with Crippen molar-refractivity contribution in [2.24, 2.45) is 0 Å². The van der Waals surface area contributed by atoms with Crippen molar-refractivity contribution < 1.29 is 9.53 Å². The van der Waals surface area contributed by atoms with Crippen LogP contribution in [0.3, 0.4) is 0 Å². The first-order chi connectivity index (χ1) is 16.2. The highest BCUT2D eigenvalue weighted by Crippen LogP contribution is 2.37. The van der Waals surface area contributed by atoms with Gasteiger partial charge >= 0.3 is 0 Å². The van der Waals surface area contributed by atoms with E-state index < -0.39 is 5.25 Å². The molecule has 2 heterocycles. The van der Waals surface area contributed by atoms with Gasteiger partial charge in [-0.05, 0) is 42.0 Å². The molecule has 0 fully saturated rings. The van der Waals surface area contributed by atoms with E-state index in [2.05, 4.69) is 20.9 Å². The molecule has 0 saturated heterocycles. The molecule has 2 atom stereocenters. The van der Waals surface area contributed by atoms with Gasteiger partial charge in [-0.3, -0.25) is 4.79 Å². The van der Waals surface area contributed by atoms with Gasteiger partial charge in [-0.15, -0.1) is 10.2 Å². The van der Waals surface area contributed by atoms with Crippen LogP contribution in [-0.2, 0) is 11.4 Å². The first kappa shape index (κ1) is 21.4. The summed E-state index contributed by atoms with van der Waals surface area (Å²) in [6.45, 7) is 0.244. The molecule has 166 valence electrons. The Morgan fingerprint density at radius 3 is 2.42 bits per heavy atom. The zero-order valence-electron chi connectivity index (χ0n) is 17.4. The monoisotopic (exact) mass is 477 g/mol. The quantitative estimate of drug-likeness (QED) is 0.410. The number of benzene rings is 3. The molecule has 0 spiro atoms. The van der Waals surface area contributed by atoms with Crippen molar-refractivity contribution in [3.63, 3.8) is 0 Å². The Kier molecular flexibility index (Phi) is 6.19. The highest BCUT2D eigenvalue weighted by Gasteiger charge is 2.37. The zero-order chi connectivity index (χ0) is 22.6. The van der Waals surface area contributed by atoms with Gasteiger partial charge in [0, 0.05) is 10.7 Å². The number of carbonyl (C=O) groups is 1. The number of thioether (sulfide) groups is 1. The van der Waals surface area contributed by atoms with E-state index in [1.165, 1.54) is 11.8 Å². The van der Waals surface area contributed by atoms with Gasteiger partial charge in [0.25, 0.3) is 0 Å². The standard InChI is InChI=1S/C24H20ClN5O2S/c25-17-11-13-18(14-12-17)26-23(31)22-21(16-7-3-1-4-8-16)29-30-20(27-28-24(30)33-22)15-32-19-9-5-2-6-10-19/h1-14,21-22,29H,15H2,(H,26,31)/t21-,22-/m0/s1. The average molecular weight is 478 g/mol. The Bertz CT molecular complexity index is 1230. The summed E-state index contributed by atoms with van der Waals surface area (Å²) in [4.78, 5) is 13.3. The molecule has 0 radical (unpaired) electrons. The van der Waals surface area contributed by atoms with E-state index in [0.29, 0.717) is 21.7 Å². The summed E-state index contributed by atoms with van der Waals surface area (Å²) < 4.78 is 7.66. The van der Waals surface area contributed by atoms with Crippen molar-refractivity contribution in [2.45, 2.75) is 23.1 Å². The molecule has 4 aromatic rings. The SMILES string of the molecule is O=C(Nc1ccc(Cl)cc1)[C@H]1Sc2nnc(COc3ccccc3)n2N[C@H]1c1ccccc1. The van der Waals surface area contributed by atoms with Crippen LogP contribution in [0.25, 0.3) is 0 Å². The lowest BCUT2D eigenvalue weighted by Gasteiger charge is -2.33. The van der Waals surface area contributed by atoms with Crippen molar-refractivity contribution >= 4 is 35.0 Å². The Hall–Kier alpha value is -3.49. The van der Waals surface area contributed by atoms with Gasteiger partial charge in [0.05, 0.1) is 6.04 Å². The topological polar surface area (TPSA) is 81.1 Å². The first-order valence-corrected chi connectivity index (χ1v) is 11.6. The maximum Gasteiger partial charge on any atom is 0.240 e. The Morgan fingerprint density at radius 2 is 1.70 bits per heavy atom. The molecule has 1 amide bonds. The van der Waals surface area contributed by atoms with Crippen LogP contribution in [0, 0.1) is 0 Å². The molecule has 9 heteroatoms. The second-order valence-corrected chi connectivity index (χ2v) is 8.93. The molecular formula is C24H20ClN5O2S. The number of ether oxygens (including phenoxy) is 1. The number of fused-ring (bicyclic) bond motifs is 1. The summed E-state index contributed by atoms with van der Waals surface area (Å²) in [5.74, 6) is 1.23. The van der Waals surface area contributed by atoms with E-state index in [4.69, 9.17) is 16.3 Å². The van der Waals surface area contributed by atoms with Crippen LogP contribution in [-0.4, -0.2) is 26.0 Å². The van der Waals surface area contributed by atoms with E-state index in [1.54, 1.807) is 28.9 Å². The van der Waals surface area contributed by atoms with Crippen molar-refractivity contribution in [2.75, 3.05) is 10.7 Å². The molecule has 1 aliphatic heterocycles. The third-order valence-corrected chi connectivity index (χ3v) is 6.61. The Morgan fingerprint density at radius 1 is 1.00 bits per heavy atom. The lowest BCUT2D eigenvalue weighted by molar-refractivity contribution is -0.116.